The second-order valence-corrected chi connectivity index (χ2v) is 3.96. The Hall–Kier alpha value is -2.27. The molecule has 0 saturated carbocycles. The van der Waals surface area contributed by atoms with Gasteiger partial charge in [0.25, 0.3) is 5.91 Å². The van der Waals surface area contributed by atoms with Crippen LogP contribution in [0.2, 0.25) is 0 Å². The highest BCUT2D eigenvalue weighted by molar-refractivity contribution is 6.29. The van der Waals surface area contributed by atoms with Crippen molar-refractivity contribution in [3.8, 4) is 0 Å². The number of carbonyl (C=O) groups is 2. The normalized spacial score (nSPS) is 9.95. The van der Waals surface area contributed by atoms with Crippen molar-refractivity contribution in [3.05, 3.63) is 48.4 Å². The number of anilines is 2. The van der Waals surface area contributed by atoms with Crippen LogP contribution < -0.4 is 10.6 Å². The number of furan rings is 1. The fraction of sp³-hybridized carbons (Fsp3) is 0.0769. The van der Waals surface area contributed by atoms with Gasteiger partial charge in [0, 0.05) is 11.4 Å². The lowest BCUT2D eigenvalue weighted by atomic mass is 10.2. The molecule has 0 unspecified atom stereocenters. The molecule has 0 aliphatic heterocycles. The van der Waals surface area contributed by atoms with Gasteiger partial charge in [0.05, 0.1) is 6.26 Å². The summed E-state index contributed by atoms with van der Waals surface area (Å²) in [5, 5.41) is 5.25. The lowest BCUT2D eigenvalue weighted by Gasteiger charge is -2.07. The first kappa shape index (κ1) is 13.2. The third kappa shape index (κ3) is 3.59. The third-order valence-electron chi connectivity index (χ3n) is 2.27. The van der Waals surface area contributed by atoms with E-state index in [9.17, 15) is 9.59 Å². The van der Waals surface area contributed by atoms with E-state index in [1.54, 1.807) is 36.4 Å². The molecule has 6 heteroatoms. The van der Waals surface area contributed by atoms with Gasteiger partial charge in [-0.25, -0.2) is 0 Å². The summed E-state index contributed by atoms with van der Waals surface area (Å²) >= 11 is 5.40. The van der Waals surface area contributed by atoms with E-state index in [4.69, 9.17) is 16.0 Å². The topological polar surface area (TPSA) is 71.3 Å². The number of amides is 2. The number of hydrogen-bond donors (Lipinski definition) is 2. The SMILES string of the molecule is O=C(CCl)Nc1cccc(NC(=O)c2ccco2)c1. The van der Waals surface area contributed by atoms with Crippen LogP contribution in [0.4, 0.5) is 11.4 Å². The largest absolute Gasteiger partial charge is 0.459 e. The van der Waals surface area contributed by atoms with Crippen molar-refractivity contribution >= 4 is 34.8 Å². The molecule has 0 radical (unpaired) electrons. The number of benzene rings is 1. The van der Waals surface area contributed by atoms with Gasteiger partial charge in [0.15, 0.2) is 5.76 Å². The Morgan fingerprint density at radius 2 is 1.84 bits per heavy atom. The standard InChI is InChI=1S/C13H11ClN2O3/c14-8-12(17)15-9-3-1-4-10(7-9)16-13(18)11-5-2-6-19-11/h1-7H,8H2,(H,15,17)(H,16,18). The van der Waals surface area contributed by atoms with E-state index in [0.717, 1.165) is 0 Å². The minimum atomic E-state index is -0.356. The molecular formula is C13H11ClN2O3. The quantitative estimate of drug-likeness (QED) is 0.845. The Balaban J connectivity index is 2.07. The van der Waals surface area contributed by atoms with Crippen LogP contribution >= 0.6 is 11.6 Å². The zero-order valence-electron chi connectivity index (χ0n) is 9.85. The lowest BCUT2D eigenvalue weighted by Crippen LogP contribution is -2.14. The summed E-state index contributed by atoms with van der Waals surface area (Å²) in [5.74, 6) is -0.569. The van der Waals surface area contributed by atoms with Crippen LogP contribution in [0, 0.1) is 0 Å². The molecule has 0 bridgehead atoms. The lowest BCUT2D eigenvalue weighted by molar-refractivity contribution is -0.113. The molecular weight excluding hydrogens is 268 g/mol. The molecule has 0 aliphatic carbocycles. The smallest absolute Gasteiger partial charge is 0.291 e. The monoisotopic (exact) mass is 278 g/mol. The molecule has 2 aromatic rings. The predicted octanol–water partition coefficient (Wildman–Crippen LogP) is 2.71. The van der Waals surface area contributed by atoms with Crippen molar-refractivity contribution < 1.29 is 14.0 Å². The number of halogens is 1. The fourth-order valence-corrected chi connectivity index (χ4v) is 1.54. The number of nitrogens with one attached hydrogen (secondary N) is 2. The maximum atomic E-state index is 11.8. The van der Waals surface area contributed by atoms with Gasteiger partial charge in [-0.3, -0.25) is 9.59 Å². The second kappa shape index (κ2) is 6.06. The van der Waals surface area contributed by atoms with E-state index in [0.29, 0.717) is 11.4 Å². The Labute approximate surface area is 114 Å². The first-order valence-corrected chi connectivity index (χ1v) is 6.03. The number of hydrogen-bond acceptors (Lipinski definition) is 3. The molecule has 2 rings (SSSR count). The average Bonchev–Trinajstić information content (AvgIpc) is 2.93. The van der Waals surface area contributed by atoms with Crippen molar-refractivity contribution in [1.29, 1.82) is 0 Å². The molecule has 5 nitrogen and oxygen atoms in total. The Morgan fingerprint density at radius 1 is 1.11 bits per heavy atom. The zero-order valence-corrected chi connectivity index (χ0v) is 10.6. The van der Waals surface area contributed by atoms with Gasteiger partial charge in [0.2, 0.25) is 5.91 Å². The maximum Gasteiger partial charge on any atom is 0.291 e. The average molecular weight is 279 g/mol. The molecule has 98 valence electrons. The Bertz CT molecular complexity index is 581. The predicted molar refractivity (Wildman–Crippen MR) is 72.5 cm³/mol. The summed E-state index contributed by atoms with van der Waals surface area (Å²) in [6.45, 7) is 0. The van der Waals surface area contributed by atoms with Crippen molar-refractivity contribution in [2.75, 3.05) is 16.5 Å². The van der Waals surface area contributed by atoms with Gasteiger partial charge in [-0.1, -0.05) is 6.07 Å². The van der Waals surface area contributed by atoms with E-state index < -0.39 is 0 Å². The number of alkyl halides is 1. The Morgan fingerprint density at radius 3 is 2.47 bits per heavy atom. The molecule has 2 N–H and O–H groups in total. The highest BCUT2D eigenvalue weighted by Crippen LogP contribution is 2.16. The van der Waals surface area contributed by atoms with Gasteiger partial charge in [-0.15, -0.1) is 11.6 Å². The van der Waals surface area contributed by atoms with E-state index in [2.05, 4.69) is 10.6 Å². The first-order chi connectivity index (χ1) is 9.19. The van der Waals surface area contributed by atoms with Crippen LogP contribution in [0.15, 0.2) is 47.1 Å². The van der Waals surface area contributed by atoms with Gasteiger partial charge in [-0.05, 0) is 30.3 Å². The minimum absolute atomic E-state index is 0.122. The minimum Gasteiger partial charge on any atom is -0.459 e. The molecule has 0 aliphatic rings. The van der Waals surface area contributed by atoms with Crippen molar-refractivity contribution in [2.45, 2.75) is 0 Å². The zero-order chi connectivity index (χ0) is 13.7. The highest BCUT2D eigenvalue weighted by atomic mass is 35.5. The molecule has 0 saturated heterocycles. The molecule has 1 aromatic heterocycles. The molecule has 0 fully saturated rings. The summed E-state index contributed by atoms with van der Waals surface area (Å²) in [6, 6.07) is 9.94. The van der Waals surface area contributed by atoms with Crippen LogP contribution in [0.25, 0.3) is 0 Å². The van der Waals surface area contributed by atoms with Crippen LogP contribution in [0.1, 0.15) is 10.6 Å². The Kier molecular flexibility index (Phi) is 4.20. The molecule has 1 heterocycles. The van der Waals surface area contributed by atoms with Gasteiger partial charge in [-0.2, -0.15) is 0 Å². The van der Waals surface area contributed by atoms with Gasteiger partial charge >= 0.3 is 0 Å². The molecule has 0 spiro atoms. The molecule has 19 heavy (non-hydrogen) atoms. The van der Waals surface area contributed by atoms with Crippen molar-refractivity contribution in [3.63, 3.8) is 0 Å². The maximum absolute atomic E-state index is 11.8. The van der Waals surface area contributed by atoms with Gasteiger partial charge in [0.1, 0.15) is 5.88 Å². The van der Waals surface area contributed by atoms with E-state index >= 15 is 0 Å². The first-order valence-electron chi connectivity index (χ1n) is 5.50. The fourth-order valence-electron chi connectivity index (χ4n) is 1.47. The number of rotatable bonds is 4. The summed E-state index contributed by atoms with van der Waals surface area (Å²) in [4.78, 5) is 22.9. The van der Waals surface area contributed by atoms with E-state index in [-0.39, 0.29) is 23.5 Å². The van der Waals surface area contributed by atoms with Crippen molar-refractivity contribution in [2.24, 2.45) is 0 Å². The van der Waals surface area contributed by atoms with Crippen molar-refractivity contribution in [1.82, 2.24) is 0 Å². The molecule has 2 amide bonds. The summed E-state index contributed by atoms with van der Waals surface area (Å²) < 4.78 is 4.98. The summed E-state index contributed by atoms with van der Waals surface area (Å²) in [6.07, 6.45) is 1.42. The number of carbonyl (C=O) groups excluding carboxylic acids is 2. The third-order valence-corrected chi connectivity index (χ3v) is 2.51. The van der Waals surface area contributed by atoms with Crippen LogP contribution in [-0.4, -0.2) is 17.7 Å². The van der Waals surface area contributed by atoms with E-state index in [1.807, 2.05) is 0 Å². The summed E-state index contributed by atoms with van der Waals surface area (Å²) in [5.41, 5.74) is 1.11. The highest BCUT2D eigenvalue weighted by Gasteiger charge is 2.09. The summed E-state index contributed by atoms with van der Waals surface area (Å²) in [7, 11) is 0. The van der Waals surface area contributed by atoms with Gasteiger partial charge < -0.3 is 15.1 Å². The second-order valence-electron chi connectivity index (χ2n) is 3.69. The van der Waals surface area contributed by atoms with E-state index in [1.165, 1.54) is 6.26 Å². The van der Waals surface area contributed by atoms with Crippen LogP contribution in [0.3, 0.4) is 0 Å². The van der Waals surface area contributed by atoms with Crippen LogP contribution in [0.5, 0.6) is 0 Å². The molecule has 0 atom stereocenters. The van der Waals surface area contributed by atoms with Crippen LogP contribution in [-0.2, 0) is 4.79 Å². The molecule has 1 aromatic carbocycles.